The first-order valence-electron chi connectivity index (χ1n) is 9.48. The van der Waals surface area contributed by atoms with Crippen LogP contribution in [0.2, 0.25) is 5.02 Å². The zero-order valence-corrected chi connectivity index (χ0v) is 17.2. The number of halogens is 1. The molecule has 2 aromatic carbocycles. The summed E-state index contributed by atoms with van der Waals surface area (Å²) in [6.45, 7) is 1.17. The average Bonchev–Trinajstić information content (AvgIpc) is 3.36. The van der Waals surface area contributed by atoms with E-state index in [0.29, 0.717) is 18.2 Å². The SMILES string of the molecule is COc1ccc(OCC2CC(Cn3ccnc3)(c3ccc(Cl)cc3)N(C)O2)cc1. The van der Waals surface area contributed by atoms with Gasteiger partial charge in [-0.3, -0.25) is 4.84 Å². The van der Waals surface area contributed by atoms with Crippen LogP contribution in [0, 0.1) is 0 Å². The highest BCUT2D eigenvalue weighted by Crippen LogP contribution is 2.41. The van der Waals surface area contributed by atoms with Gasteiger partial charge in [-0.05, 0) is 42.0 Å². The van der Waals surface area contributed by atoms with Crippen molar-refractivity contribution in [3.8, 4) is 11.5 Å². The van der Waals surface area contributed by atoms with Crippen molar-refractivity contribution in [2.45, 2.75) is 24.6 Å². The second-order valence-electron chi connectivity index (χ2n) is 7.19. The summed E-state index contributed by atoms with van der Waals surface area (Å²) in [5.41, 5.74) is 0.796. The molecule has 1 aliphatic heterocycles. The smallest absolute Gasteiger partial charge is 0.119 e. The number of likely N-dealkylation sites (N-methyl/N-ethyl adjacent to an activating group) is 1. The van der Waals surface area contributed by atoms with Gasteiger partial charge in [-0.1, -0.05) is 23.7 Å². The normalized spacial score (nSPS) is 22.0. The van der Waals surface area contributed by atoms with Crippen molar-refractivity contribution in [3.05, 3.63) is 77.8 Å². The van der Waals surface area contributed by atoms with E-state index in [1.165, 1.54) is 0 Å². The van der Waals surface area contributed by atoms with E-state index in [0.717, 1.165) is 23.5 Å². The molecule has 0 spiro atoms. The van der Waals surface area contributed by atoms with Gasteiger partial charge >= 0.3 is 0 Å². The van der Waals surface area contributed by atoms with E-state index in [1.807, 2.05) is 61.0 Å². The third-order valence-corrected chi connectivity index (χ3v) is 5.61. The molecule has 1 aliphatic rings. The van der Waals surface area contributed by atoms with E-state index >= 15 is 0 Å². The molecule has 2 unspecified atom stereocenters. The largest absolute Gasteiger partial charge is 0.497 e. The van der Waals surface area contributed by atoms with Crippen LogP contribution >= 0.6 is 11.6 Å². The highest BCUT2D eigenvalue weighted by molar-refractivity contribution is 6.30. The lowest BCUT2D eigenvalue weighted by Gasteiger charge is -2.34. The summed E-state index contributed by atoms with van der Waals surface area (Å²) in [6.07, 6.45) is 6.27. The van der Waals surface area contributed by atoms with Crippen LogP contribution in [0.15, 0.2) is 67.3 Å². The highest BCUT2D eigenvalue weighted by atomic mass is 35.5. The Morgan fingerprint density at radius 2 is 1.86 bits per heavy atom. The van der Waals surface area contributed by atoms with Crippen molar-refractivity contribution >= 4 is 11.6 Å². The second kappa shape index (κ2) is 8.45. The molecule has 0 saturated carbocycles. The van der Waals surface area contributed by atoms with Gasteiger partial charge in [-0.15, -0.1) is 0 Å². The van der Waals surface area contributed by atoms with Crippen LogP contribution in [0.3, 0.4) is 0 Å². The summed E-state index contributed by atoms with van der Waals surface area (Å²) in [7, 11) is 3.62. The Morgan fingerprint density at radius 3 is 2.52 bits per heavy atom. The van der Waals surface area contributed by atoms with Crippen molar-refractivity contribution in [2.75, 3.05) is 20.8 Å². The fraction of sp³-hybridized carbons (Fsp3) is 0.318. The molecule has 1 fully saturated rings. The minimum atomic E-state index is -0.348. The van der Waals surface area contributed by atoms with Gasteiger partial charge in [0.2, 0.25) is 0 Å². The van der Waals surface area contributed by atoms with Crippen LogP contribution in [0.4, 0.5) is 0 Å². The number of hydroxylamine groups is 2. The molecule has 2 heterocycles. The first kappa shape index (κ1) is 19.8. The Balaban J connectivity index is 1.52. The Hall–Kier alpha value is -2.54. The number of nitrogens with zero attached hydrogens (tertiary/aromatic N) is 3. The Kier molecular flexibility index (Phi) is 5.76. The lowest BCUT2D eigenvalue weighted by molar-refractivity contribution is -0.179. The summed E-state index contributed by atoms with van der Waals surface area (Å²) in [5.74, 6) is 1.59. The number of benzene rings is 2. The molecule has 0 aliphatic carbocycles. The molecule has 1 aromatic heterocycles. The number of hydrogen-bond acceptors (Lipinski definition) is 5. The quantitative estimate of drug-likeness (QED) is 0.582. The average molecular weight is 414 g/mol. The number of methoxy groups -OCH3 is 1. The first-order valence-corrected chi connectivity index (χ1v) is 9.86. The monoisotopic (exact) mass is 413 g/mol. The molecule has 4 rings (SSSR count). The van der Waals surface area contributed by atoms with Crippen LogP contribution in [-0.4, -0.2) is 41.5 Å². The zero-order valence-electron chi connectivity index (χ0n) is 16.5. The zero-order chi connectivity index (χ0) is 20.3. The predicted octanol–water partition coefficient (Wildman–Crippen LogP) is 4.16. The van der Waals surface area contributed by atoms with Crippen LogP contribution in [0.1, 0.15) is 12.0 Å². The molecule has 0 bridgehead atoms. The Bertz CT molecular complexity index is 915. The van der Waals surface area contributed by atoms with E-state index in [4.69, 9.17) is 25.9 Å². The van der Waals surface area contributed by atoms with Crippen molar-refractivity contribution in [1.29, 1.82) is 0 Å². The Labute approximate surface area is 175 Å². The number of imidazole rings is 1. The van der Waals surface area contributed by atoms with E-state index in [9.17, 15) is 0 Å². The molecule has 6 nitrogen and oxygen atoms in total. The minimum Gasteiger partial charge on any atom is -0.497 e. The molecule has 0 amide bonds. The fourth-order valence-corrected chi connectivity index (χ4v) is 3.94. The molecule has 29 heavy (non-hydrogen) atoms. The summed E-state index contributed by atoms with van der Waals surface area (Å²) < 4.78 is 13.2. The van der Waals surface area contributed by atoms with E-state index in [1.54, 1.807) is 13.3 Å². The van der Waals surface area contributed by atoms with Gasteiger partial charge in [0.15, 0.2) is 0 Å². The molecule has 0 N–H and O–H groups in total. The van der Waals surface area contributed by atoms with Crippen molar-refractivity contribution < 1.29 is 14.3 Å². The second-order valence-corrected chi connectivity index (χ2v) is 7.63. The summed E-state index contributed by atoms with van der Waals surface area (Å²) >= 11 is 6.12. The van der Waals surface area contributed by atoms with Crippen molar-refractivity contribution in [3.63, 3.8) is 0 Å². The van der Waals surface area contributed by atoms with Crippen LogP contribution in [-0.2, 0) is 16.9 Å². The molecule has 152 valence electrons. The standard InChI is InChI=1S/C22H24ClN3O3/c1-25-22(15-26-12-11-24-16-26,17-3-5-18(23)6-4-17)13-21(29-25)14-28-20-9-7-19(27-2)8-10-20/h3-12,16,21H,13-15H2,1-2H3. The van der Waals surface area contributed by atoms with E-state index in [2.05, 4.69) is 21.7 Å². The summed E-state index contributed by atoms with van der Waals surface area (Å²) in [6, 6.07) is 15.5. The molecule has 7 heteroatoms. The summed E-state index contributed by atoms with van der Waals surface area (Å²) in [4.78, 5) is 10.4. The van der Waals surface area contributed by atoms with Crippen molar-refractivity contribution in [2.24, 2.45) is 0 Å². The number of hydrogen-bond donors (Lipinski definition) is 0. The fourth-order valence-electron chi connectivity index (χ4n) is 3.81. The van der Waals surface area contributed by atoms with Gasteiger partial charge in [0.1, 0.15) is 24.2 Å². The number of aromatic nitrogens is 2. The summed E-state index contributed by atoms with van der Waals surface area (Å²) in [5, 5.41) is 2.66. The minimum absolute atomic E-state index is 0.0821. The number of ether oxygens (including phenoxy) is 2. The van der Waals surface area contributed by atoms with Gasteiger partial charge in [0.05, 0.1) is 19.0 Å². The molecular weight excluding hydrogens is 390 g/mol. The molecule has 1 saturated heterocycles. The maximum absolute atomic E-state index is 6.19. The van der Waals surface area contributed by atoms with E-state index in [-0.39, 0.29) is 11.6 Å². The maximum atomic E-state index is 6.19. The molecule has 2 atom stereocenters. The van der Waals surface area contributed by atoms with E-state index < -0.39 is 0 Å². The van der Waals surface area contributed by atoms with Gasteiger partial charge in [0, 0.05) is 37.4 Å². The topological polar surface area (TPSA) is 48.8 Å². The van der Waals surface area contributed by atoms with Crippen LogP contribution in [0.5, 0.6) is 11.5 Å². The van der Waals surface area contributed by atoms with Gasteiger partial charge in [-0.25, -0.2) is 4.98 Å². The third kappa shape index (κ3) is 4.24. The number of rotatable bonds is 7. The lowest BCUT2D eigenvalue weighted by Crippen LogP contribution is -2.41. The van der Waals surface area contributed by atoms with Crippen LogP contribution < -0.4 is 9.47 Å². The molecule has 0 radical (unpaired) electrons. The maximum Gasteiger partial charge on any atom is 0.119 e. The first-order chi connectivity index (χ1) is 14.1. The third-order valence-electron chi connectivity index (χ3n) is 5.36. The van der Waals surface area contributed by atoms with Gasteiger partial charge in [-0.2, -0.15) is 5.06 Å². The van der Waals surface area contributed by atoms with Crippen molar-refractivity contribution in [1.82, 2.24) is 14.6 Å². The lowest BCUT2D eigenvalue weighted by atomic mass is 9.85. The highest BCUT2D eigenvalue weighted by Gasteiger charge is 2.47. The molecule has 3 aromatic rings. The van der Waals surface area contributed by atoms with Gasteiger partial charge in [0.25, 0.3) is 0 Å². The molecular formula is C22H24ClN3O3. The predicted molar refractivity (Wildman–Crippen MR) is 111 cm³/mol. The van der Waals surface area contributed by atoms with Crippen LogP contribution in [0.25, 0.3) is 0 Å². The van der Waals surface area contributed by atoms with Gasteiger partial charge < -0.3 is 14.0 Å². The Morgan fingerprint density at radius 1 is 1.14 bits per heavy atom.